The van der Waals surface area contributed by atoms with E-state index in [1.165, 1.54) is 25.7 Å². The fourth-order valence-corrected chi connectivity index (χ4v) is 3.30. The molecule has 1 amide bonds. The molecule has 1 aromatic carbocycles. The van der Waals surface area contributed by atoms with E-state index in [4.69, 9.17) is 26.8 Å². The van der Waals surface area contributed by atoms with Crippen molar-refractivity contribution in [3.63, 3.8) is 0 Å². The maximum absolute atomic E-state index is 12.2. The topological polar surface area (TPSA) is 90.7 Å². The highest BCUT2D eigenvalue weighted by Gasteiger charge is 2.28. The van der Waals surface area contributed by atoms with Gasteiger partial charge in [0.1, 0.15) is 11.3 Å². The Balaban J connectivity index is 1.93. The number of methoxy groups -OCH3 is 1. The van der Waals surface area contributed by atoms with Crippen LogP contribution in [-0.4, -0.2) is 31.6 Å². The molecule has 0 bridgehead atoms. The van der Waals surface area contributed by atoms with Crippen molar-refractivity contribution in [1.82, 2.24) is 5.32 Å². The van der Waals surface area contributed by atoms with Crippen molar-refractivity contribution >= 4 is 29.2 Å². The Morgan fingerprint density at radius 2 is 2.04 bits per heavy atom. The molecule has 2 rings (SSSR count). The van der Waals surface area contributed by atoms with Crippen molar-refractivity contribution in [2.75, 3.05) is 19.5 Å². The molecule has 0 aliphatic heterocycles. The highest BCUT2D eigenvalue weighted by Crippen LogP contribution is 2.30. The molecule has 0 saturated heterocycles. The first kappa shape index (κ1) is 19.4. The highest BCUT2D eigenvalue weighted by molar-refractivity contribution is 6.33. The lowest BCUT2D eigenvalue weighted by molar-refractivity contribution is -0.125. The van der Waals surface area contributed by atoms with E-state index in [0.717, 1.165) is 12.8 Å². The van der Waals surface area contributed by atoms with Gasteiger partial charge in [0, 0.05) is 12.1 Å². The van der Waals surface area contributed by atoms with Crippen molar-refractivity contribution < 1.29 is 19.1 Å². The number of hydrogen-bond donors (Lipinski definition) is 2. The first-order valence-electron chi connectivity index (χ1n) is 8.43. The van der Waals surface area contributed by atoms with E-state index in [2.05, 4.69) is 19.2 Å². The fourth-order valence-electron chi connectivity index (χ4n) is 3.14. The molecule has 7 heteroatoms. The Morgan fingerprint density at radius 3 is 2.72 bits per heavy atom. The van der Waals surface area contributed by atoms with Crippen LogP contribution in [0.25, 0.3) is 0 Å². The second-order valence-corrected chi connectivity index (χ2v) is 7.00. The van der Waals surface area contributed by atoms with Gasteiger partial charge in [0.25, 0.3) is 5.91 Å². The number of hydrogen-bond acceptors (Lipinski definition) is 5. The van der Waals surface area contributed by atoms with Gasteiger partial charge in [-0.1, -0.05) is 38.3 Å². The average Bonchev–Trinajstić information content (AvgIpc) is 2.58. The number of benzene rings is 1. The van der Waals surface area contributed by atoms with E-state index in [1.54, 1.807) is 0 Å². The standard InChI is InChI=1S/C18H25ClN2O4/c1-10-5-4-6-15(11(10)2)21-17(22)9-25-18(23)12-7-13(19)14(20)8-16(12)24-3/h7-8,10-11,15H,4-6,9,20H2,1-3H3,(H,21,22)/t10-,11-,15-/m1/s1. The fraction of sp³-hybridized carbons (Fsp3) is 0.556. The molecule has 0 spiro atoms. The molecule has 0 unspecified atom stereocenters. The van der Waals surface area contributed by atoms with Crippen LogP contribution < -0.4 is 15.8 Å². The third-order valence-electron chi connectivity index (χ3n) is 4.93. The molecular weight excluding hydrogens is 344 g/mol. The first-order chi connectivity index (χ1) is 11.8. The lowest BCUT2D eigenvalue weighted by Gasteiger charge is -2.34. The van der Waals surface area contributed by atoms with Gasteiger partial charge >= 0.3 is 5.97 Å². The van der Waals surface area contributed by atoms with Crippen LogP contribution in [0.5, 0.6) is 5.75 Å². The number of ether oxygens (including phenoxy) is 2. The number of halogens is 1. The summed E-state index contributed by atoms with van der Waals surface area (Å²) >= 11 is 5.94. The molecule has 25 heavy (non-hydrogen) atoms. The third kappa shape index (κ3) is 4.78. The van der Waals surface area contributed by atoms with Gasteiger partial charge in [0.15, 0.2) is 6.61 Å². The van der Waals surface area contributed by atoms with Crippen LogP contribution >= 0.6 is 11.6 Å². The second kappa shape index (κ2) is 8.43. The first-order valence-corrected chi connectivity index (χ1v) is 8.80. The maximum atomic E-state index is 12.2. The van der Waals surface area contributed by atoms with E-state index in [1.807, 2.05) is 0 Å². The van der Waals surface area contributed by atoms with Crippen LogP contribution in [0.15, 0.2) is 12.1 Å². The van der Waals surface area contributed by atoms with Gasteiger partial charge < -0.3 is 20.5 Å². The number of carbonyl (C=O) groups is 2. The van der Waals surface area contributed by atoms with E-state index in [9.17, 15) is 9.59 Å². The Kier molecular flexibility index (Phi) is 6.53. The predicted molar refractivity (Wildman–Crippen MR) is 96.8 cm³/mol. The second-order valence-electron chi connectivity index (χ2n) is 6.59. The molecule has 3 N–H and O–H groups in total. The van der Waals surface area contributed by atoms with Gasteiger partial charge in [-0.15, -0.1) is 0 Å². The molecule has 3 atom stereocenters. The summed E-state index contributed by atoms with van der Waals surface area (Å²) in [6.07, 6.45) is 3.23. The molecule has 1 aliphatic rings. The van der Waals surface area contributed by atoms with E-state index < -0.39 is 5.97 Å². The average molecular weight is 369 g/mol. The number of anilines is 1. The van der Waals surface area contributed by atoms with Gasteiger partial charge in [-0.3, -0.25) is 4.79 Å². The number of esters is 1. The zero-order valence-corrected chi connectivity index (χ0v) is 15.6. The third-order valence-corrected chi connectivity index (χ3v) is 5.25. The summed E-state index contributed by atoms with van der Waals surface area (Å²) in [5.74, 6) is 0.244. The van der Waals surface area contributed by atoms with Gasteiger partial charge in [-0.25, -0.2) is 4.79 Å². The Hall–Kier alpha value is -1.95. The number of carbonyl (C=O) groups excluding carboxylic acids is 2. The molecule has 1 aliphatic carbocycles. The number of nitrogen functional groups attached to an aromatic ring is 1. The SMILES string of the molecule is COc1cc(N)c(Cl)cc1C(=O)OCC(=O)N[C@@H]1CCC[C@@H](C)[C@H]1C. The summed E-state index contributed by atoms with van der Waals surface area (Å²) in [6.45, 7) is 3.99. The van der Waals surface area contributed by atoms with Crippen LogP contribution in [0.2, 0.25) is 5.02 Å². The zero-order valence-electron chi connectivity index (χ0n) is 14.8. The quantitative estimate of drug-likeness (QED) is 0.615. The molecule has 1 aromatic rings. The lowest BCUT2D eigenvalue weighted by atomic mass is 9.78. The smallest absolute Gasteiger partial charge is 0.342 e. The number of amides is 1. The molecule has 0 aromatic heterocycles. The van der Waals surface area contributed by atoms with Crippen LogP contribution in [0.4, 0.5) is 5.69 Å². The zero-order chi connectivity index (χ0) is 18.6. The van der Waals surface area contributed by atoms with Gasteiger partial charge in [0.2, 0.25) is 0 Å². The van der Waals surface area contributed by atoms with E-state index in [0.29, 0.717) is 17.5 Å². The number of nitrogens with two attached hydrogens (primary N) is 1. The summed E-state index contributed by atoms with van der Waals surface area (Å²) in [6, 6.07) is 2.95. The predicted octanol–water partition coefficient (Wildman–Crippen LogP) is 3.03. The molecule has 0 radical (unpaired) electrons. The van der Waals surface area contributed by atoms with Gasteiger partial charge in [-0.2, -0.15) is 0 Å². The van der Waals surface area contributed by atoms with Crippen LogP contribution in [-0.2, 0) is 9.53 Å². The number of rotatable bonds is 5. The monoisotopic (exact) mass is 368 g/mol. The minimum atomic E-state index is -0.682. The summed E-state index contributed by atoms with van der Waals surface area (Å²) in [5.41, 5.74) is 6.12. The van der Waals surface area contributed by atoms with Crippen LogP contribution in [0.1, 0.15) is 43.5 Å². The van der Waals surface area contributed by atoms with Crippen molar-refractivity contribution in [3.8, 4) is 5.75 Å². The summed E-state index contributed by atoms with van der Waals surface area (Å²) in [7, 11) is 1.41. The van der Waals surface area contributed by atoms with E-state index in [-0.39, 0.29) is 34.9 Å². The highest BCUT2D eigenvalue weighted by atomic mass is 35.5. The van der Waals surface area contributed by atoms with Crippen molar-refractivity contribution in [3.05, 3.63) is 22.7 Å². The summed E-state index contributed by atoms with van der Waals surface area (Å²) < 4.78 is 10.2. The van der Waals surface area contributed by atoms with Crippen molar-refractivity contribution in [2.24, 2.45) is 11.8 Å². The summed E-state index contributed by atoms with van der Waals surface area (Å²) in [4.78, 5) is 24.3. The largest absolute Gasteiger partial charge is 0.496 e. The number of nitrogens with one attached hydrogen (secondary N) is 1. The Labute approximate surface area is 153 Å². The molecule has 6 nitrogen and oxygen atoms in total. The van der Waals surface area contributed by atoms with Gasteiger partial charge in [0.05, 0.1) is 17.8 Å². The minimum Gasteiger partial charge on any atom is -0.496 e. The van der Waals surface area contributed by atoms with Crippen LogP contribution in [0.3, 0.4) is 0 Å². The maximum Gasteiger partial charge on any atom is 0.342 e. The molecule has 1 saturated carbocycles. The Morgan fingerprint density at radius 1 is 1.32 bits per heavy atom. The Bertz CT molecular complexity index is 650. The normalized spacial score (nSPS) is 23.0. The van der Waals surface area contributed by atoms with E-state index >= 15 is 0 Å². The lowest BCUT2D eigenvalue weighted by Crippen LogP contribution is -2.45. The minimum absolute atomic E-state index is 0.121. The van der Waals surface area contributed by atoms with Crippen LogP contribution in [0, 0.1) is 11.8 Å². The van der Waals surface area contributed by atoms with Crippen molar-refractivity contribution in [1.29, 1.82) is 0 Å². The summed E-state index contributed by atoms with van der Waals surface area (Å²) in [5, 5.41) is 3.19. The molecular formula is C18H25ClN2O4. The molecule has 138 valence electrons. The van der Waals surface area contributed by atoms with Gasteiger partial charge in [-0.05, 0) is 24.3 Å². The van der Waals surface area contributed by atoms with Crippen molar-refractivity contribution in [2.45, 2.75) is 39.2 Å². The molecule has 1 fully saturated rings. The molecule has 0 heterocycles.